The molecule has 0 spiro atoms. The molecule has 1 aliphatic heterocycles. The zero-order chi connectivity index (χ0) is 17.5. The molecule has 0 unspecified atom stereocenters. The van der Waals surface area contributed by atoms with Gasteiger partial charge >= 0.3 is 0 Å². The second-order valence-electron chi connectivity index (χ2n) is 5.43. The Labute approximate surface area is 147 Å². The van der Waals surface area contributed by atoms with Crippen molar-refractivity contribution >= 4 is 37.1 Å². The molecule has 1 N–H and O–H groups in total. The Morgan fingerprint density at radius 3 is 2.75 bits per heavy atom. The first-order chi connectivity index (χ1) is 11.3. The van der Waals surface area contributed by atoms with Gasteiger partial charge in [-0.3, -0.25) is 0 Å². The summed E-state index contributed by atoms with van der Waals surface area (Å²) in [6, 6.07) is 2.78. The van der Waals surface area contributed by atoms with Crippen molar-refractivity contribution in [2.24, 2.45) is 5.92 Å². The second kappa shape index (κ2) is 6.44. The van der Waals surface area contributed by atoms with Crippen LogP contribution in [-0.2, 0) is 9.24 Å². The van der Waals surface area contributed by atoms with Crippen LogP contribution in [0.3, 0.4) is 0 Å². The first-order valence-electron chi connectivity index (χ1n) is 7.03. The monoisotopic (exact) mass is 390 g/mol. The van der Waals surface area contributed by atoms with Crippen LogP contribution in [0.15, 0.2) is 24.4 Å². The Balaban J connectivity index is 1.93. The minimum absolute atomic E-state index is 0.137. The summed E-state index contributed by atoms with van der Waals surface area (Å²) >= 11 is 6.23. The SMILES string of the molecule is C[C@H]1CN(S(=O)(=O)Cl)CC=C1c1nc(-c2ccc(F)cn2)[nH]c1Cl. The lowest BCUT2D eigenvalue weighted by Gasteiger charge is -2.27. The van der Waals surface area contributed by atoms with Crippen molar-refractivity contribution in [2.75, 3.05) is 13.1 Å². The van der Waals surface area contributed by atoms with Crippen LogP contribution in [0.2, 0.25) is 5.15 Å². The molecule has 10 heteroatoms. The maximum Gasteiger partial charge on any atom is 0.300 e. The lowest BCUT2D eigenvalue weighted by Crippen LogP contribution is -2.35. The van der Waals surface area contributed by atoms with E-state index in [1.165, 1.54) is 16.4 Å². The summed E-state index contributed by atoms with van der Waals surface area (Å²) in [6.07, 6.45) is 2.83. The van der Waals surface area contributed by atoms with Gasteiger partial charge < -0.3 is 4.98 Å². The average molecular weight is 391 g/mol. The molecule has 0 saturated heterocycles. The van der Waals surface area contributed by atoms with Crippen LogP contribution in [0, 0.1) is 11.7 Å². The molecule has 0 aromatic carbocycles. The third kappa shape index (κ3) is 3.46. The molecule has 2 aromatic rings. The van der Waals surface area contributed by atoms with Crippen molar-refractivity contribution in [1.29, 1.82) is 0 Å². The van der Waals surface area contributed by atoms with Gasteiger partial charge in [0.15, 0.2) is 5.82 Å². The quantitative estimate of drug-likeness (QED) is 0.816. The lowest BCUT2D eigenvalue weighted by atomic mass is 9.95. The Kier molecular flexibility index (Phi) is 4.65. The first kappa shape index (κ1) is 17.3. The molecule has 24 heavy (non-hydrogen) atoms. The van der Waals surface area contributed by atoms with Crippen molar-refractivity contribution in [3.63, 3.8) is 0 Å². The predicted octanol–water partition coefficient (Wildman–Crippen LogP) is 3.08. The normalized spacial score (nSPS) is 19.3. The van der Waals surface area contributed by atoms with E-state index in [1.54, 1.807) is 6.08 Å². The molecule has 1 aliphatic rings. The number of hydrogen-bond donors (Lipinski definition) is 1. The number of rotatable bonds is 3. The standard InChI is InChI=1S/C14H13Cl2FN4O2S/c1-8-7-21(24(16,22)23)5-4-10(8)12-13(15)20-14(19-12)11-3-2-9(17)6-18-11/h2-4,6,8H,5,7H2,1H3,(H,19,20)/t8-/m0/s1. The molecule has 0 bridgehead atoms. The fourth-order valence-corrected chi connectivity index (χ4v) is 3.80. The van der Waals surface area contributed by atoms with Gasteiger partial charge in [0.2, 0.25) is 0 Å². The molecule has 1 atom stereocenters. The number of nitrogens with zero attached hydrogens (tertiary/aromatic N) is 3. The molecule has 0 saturated carbocycles. The summed E-state index contributed by atoms with van der Waals surface area (Å²) in [4.78, 5) is 11.3. The molecule has 3 heterocycles. The molecule has 0 aliphatic carbocycles. The van der Waals surface area contributed by atoms with E-state index in [0.29, 0.717) is 22.4 Å². The number of imidazole rings is 1. The lowest BCUT2D eigenvalue weighted by molar-refractivity contribution is 0.410. The number of H-pyrrole nitrogens is 1. The van der Waals surface area contributed by atoms with Gasteiger partial charge in [-0.2, -0.15) is 12.7 Å². The third-order valence-corrected chi connectivity index (χ3v) is 5.51. The molecular formula is C14H13Cl2FN4O2S. The molecule has 3 rings (SSSR count). The van der Waals surface area contributed by atoms with Gasteiger partial charge in [0, 0.05) is 23.8 Å². The molecule has 0 amide bonds. The highest BCUT2D eigenvalue weighted by Gasteiger charge is 2.29. The van der Waals surface area contributed by atoms with Crippen LogP contribution in [0.25, 0.3) is 17.1 Å². The van der Waals surface area contributed by atoms with E-state index in [2.05, 4.69) is 15.0 Å². The van der Waals surface area contributed by atoms with E-state index in [0.717, 1.165) is 11.8 Å². The summed E-state index contributed by atoms with van der Waals surface area (Å²) in [5, 5.41) is 0.316. The van der Waals surface area contributed by atoms with E-state index in [-0.39, 0.29) is 19.0 Å². The van der Waals surface area contributed by atoms with Gasteiger partial charge in [-0.15, -0.1) is 0 Å². The van der Waals surface area contributed by atoms with E-state index >= 15 is 0 Å². The maximum atomic E-state index is 13.0. The molecule has 0 radical (unpaired) electrons. The van der Waals surface area contributed by atoms with Gasteiger partial charge in [0.05, 0.1) is 6.20 Å². The highest BCUT2D eigenvalue weighted by molar-refractivity contribution is 8.11. The van der Waals surface area contributed by atoms with Gasteiger partial charge in [-0.05, 0) is 23.6 Å². The van der Waals surface area contributed by atoms with Gasteiger partial charge in [-0.25, -0.2) is 14.4 Å². The van der Waals surface area contributed by atoms with E-state index < -0.39 is 15.1 Å². The van der Waals surface area contributed by atoms with Crippen molar-refractivity contribution < 1.29 is 12.8 Å². The largest absolute Gasteiger partial charge is 0.327 e. The van der Waals surface area contributed by atoms with Crippen LogP contribution >= 0.6 is 22.3 Å². The number of hydrogen-bond acceptors (Lipinski definition) is 4. The van der Waals surface area contributed by atoms with Gasteiger partial charge in [0.1, 0.15) is 22.4 Å². The van der Waals surface area contributed by atoms with Crippen LogP contribution in [0.1, 0.15) is 12.6 Å². The third-order valence-electron chi connectivity index (χ3n) is 3.73. The zero-order valence-corrected chi connectivity index (χ0v) is 14.8. The van der Waals surface area contributed by atoms with E-state index in [1.807, 2.05) is 6.92 Å². The molecule has 6 nitrogen and oxygen atoms in total. The number of halogens is 3. The Morgan fingerprint density at radius 2 is 2.17 bits per heavy atom. The summed E-state index contributed by atoms with van der Waals surface area (Å²) in [5.74, 6) is -0.166. The van der Waals surface area contributed by atoms with Crippen molar-refractivity contribution in [1.82, 2.24) is 19.3 Å². The smallest absolute Gasteiger partial charge is 0.300 e. The fourth-order valence-electron chi connectivity index (χ4n) is 2.57. The molecular weight excluding hydrogens is 378 g/mol. The number of pyridine rings is 1. The Hall–Kier alpha value is -1.48. The van der Waals surface area contributed by atoms with Gasteiger partial charge in [-0.1, -0.05) is 24.6 Å². The van der Waals surface area contributed by atoms with Crippen LogP contribution < -0.4 is 0 Å². The number of aromatic amines is 1. The minimum atomic E-state index is -3.76. The second-order valence-corrected chi connectivity index (χ2v) is 8.32. The summed E-state index contributed by atoms with van der Waals surface area (Å²) in [5.41, 5.74) is 1.80. The summed E-state index contributed by atoms with van der Waals surface area (Å²) in [6.45, 7) is 2.25. The maximum absolute atomic E-state index is 13.0. The average Bonchev–Trinajstić information content (AvgIpc) is 2.89. The van der Waals surface area contributed by atoms with E-state index in [9.17, 15) is 12.8 Å². The molecule has 0 fully saturated rings. The predicted molar refractivity (Wildman–Crippen MR) is 90.3 cm³/mol. The minimum Gasteiger partial charge on any atom is -0.327 e. The topological polar surface area (TPSA) is 79.0 Å². The molecule has 2 aromatic heterocycles. The van der Waals surface area contributed by atoms with Crippen molar-refractivity contribution in [2.45, 2.75) is 6.92 Å². The van der Waals surface area contributed by atoms with E-state index in [4.69, 9.17) is 22.3 Å². The number of aromatic nitrogens is 3. The van der Waals surface area contributed by atoms with Crippen molar-refractivity contribution in [3.05, 3.63) is 41.1 Å². The fraction of sp³-hybridized carbons (Fsp3) is 0.286. The summed E-state index contributed by atoms with van der Waals surface area (Å²) in [7, 11) is 1.62. The van der Waals surface area contributed by atoms with Crippen LogP contribution in [0.4, 0.5) is 4.39 Å². The molecule has 128 valence electrons. The van der Waals surface area contributed by atoms with Crippen molar-refractivity contribution in [3.8, 4) is 11.5 Å². The van der Waals surface area contributed by atoms with Crippen LogP contribution in [0.5, 0.6) is 0 Å². The highest BCUT2D eigenvalue weighted by atomic mass is 35.7. The van der Waals surface area contributed by atoms with Crippen LogP contribution in [-0.4, -0.2) is 40.8 Å². The van der Waals surface area contributed by atoms with Gasteiger partial charge in [0.25, 0.3) is 9.24 Å². The number of nitrogens with one attached hydrogen (secondary N) is 1. The first-order valence-corrected chi connectivity index (χ1v) is 9.67. The summed E-state index contributed by atoms with van der Waals surface area (Å²) < 4.78 is 37.0. The Morgan fingerprint density at radius 1 is 1.42 bits per heavy atom. The zero-order valence-electron chi connectivity index (χ0n) is 12.5. The Bertz CT molecular complexity index is 896. The highest BCUT2D eigenvalue weighted by Crippen LogP contribution is 2.33.